The molecule has 1 unspecified atom stereocenters. The molecule has 1 rings (SSSR count). The minimum Gasteiger partial charge on any atom is -0.344 e. The molecule has 0 bridgehead atoms. The summed E-state index contributed by atoms with van der Waals surface area (Å²) in [6.07, 6.45) is 1.73. The van der Waals surface area contributed by atoms with E-state index in [1.807, 2.05) is 19.2 Å². The second-order valence-corrected chi connectivity index (χ2v) is 5.30. The second-order valence-electron chi connectivity index (χ2n) is 3.63. The van der Waals surface area contributed by atoms with Gasteiger partial charge in [0.15, 0.2) is 0 Å². The lowest BCUT2D eigenvalue weighted by Gasteiger charge is -2.24. The third kappa shape index (κ3) is 2.72. The Morgan fingerprint density at radius 1 is 1.71 bits per heavy atom. The SMILES string of the molecule is CC(S)C(=O)NC(C)(C)c1nccs1. The first-order valence-electron chi connectivity index (χ1n) is 4.33. The molecule has 78 valence electrons. The maximum absolute atomic E-state index is 11.4. The number of amides is 1. The number of thiol groups is 1. The molecule has 0 aliphatic carbocycles. The molecule has 1 amide bonds. The van der Waals surface area contributed by atoms with Crippen molar-refractivity contribution in [2.75, 3.05) is 0 Å². The van der Waals surface area contributed by atoms with Crippen molar-refractivity contribution in [3.8, 4) is 0 Å². The van der Waals surface area contributed by atoms with E-state index in [0.29, 0.717) is 0 Å². The third-order valence-electron chi connectivity index (χ3n) is 1.78. The molecule has 0 saturated heterocycles. The van der Waals surface area contributed by atoms with Gasteiger partial charge in [-0.25, -0.2) is 4.98 Å². The molecule has 5 heteroatoms. The summed E-state index contributed by atoms with van der Waals surface area (Å²) in [7, 11) is 0. The van der Waals surface area contributed by atoms with E-state index in [2.05, 4.69) is 22.9 Å². The fraction of sp³-hybridized carbons (Fsp3) is 0.556. The average Bonchev–Trinajstić information content (AvgIpc) is 2.54. The summed E-state index contributed by atoms with van der Waals surface area (Å²) in [4.78, 5) is 15.6. The Balaban J connectivity index is 2.72. The largest absolute Gasteiger partial charge is 0.344 e. The fourth-order valence-corrected chi connectivity index (χ4v) is 1.78. The highest BCUT2D eigenvalue weighted by atomic mass is 32.1. The Labute approximate surface area is 93.3 Å². The second kappa shape index (κ2) is 4.31. The summed E-state index contributed by atoms with van der Waals surface area (Å²) < 4.78 is 0. The molecule has 1 atom stereocenters. The Morgan fingerprint density at radius 2 is 2.36 bits per heavy atom. The monoisotopic (exact) mass is 230 g/mol. The van der Waals surface area contributed by atoms with Gasteiger partial charge in [0.1, 0.15) is 5.01 Å². The van der Waals surface area contributed by atoms with Crippen LogP contribution in [0, 0.1) is 0 Å². The number of carbonyl (C=O) groups is 1. The van der Waals surface area contributed by atoms with Gasteiger partial charge >= 0.3 is 0 Å². The number of hydrogen-bond acceptors (Lipinski definition) is 4. The maximum atomic E-state index is 11.4. The van der Waals surface area contributed by atoms with Crippen LogP contribution in [0.15, 0.2) is 11.6 Å². The number of carbonyl (C=O) groups excluding carboxylic acids is 1. The number of aromatic nitrogens is 1. The molecular weight excluding hydrogens is 216 g/mol. The first kappa shape index (κ1) is 11.5. The molecular formula is C9H14N2OS2. The van der Waals surface area contributed by atoms with Gasteiger partial charge < -0.3 is 5.32 Å². The molecule has 1 heterocycles. The van der Waals surface area contributed by atoms with E-state index in [-0.39, 0.29) is 11.2 Å². The van der Waals surface area contributed by atoms with E-state index in [9.17, 15) is 4.79 Å². The van der Waals surface area contributed by atoms with Crippen molar-refractivity contribution in [3.05, 3.63) is 16.6 Å². The van der Waals surface area contributed by atoms with Gasteiger partial charge in [-0.2, -0.15) is 12.6 Å². The summed E-state index contributed by atoms with van der Waals surface area (Å²) in [5.41, 5.74) is -0.414. The molecule has 0 saturated carbocycles. The molecule has 0 radical (unpaired) electrons. The average molecular weight is 230 g/mol. The van der Waals surface area contributed by atoms with Crippen LogP contribution in [0.5, 0.6) is 0 Å². The Morgan fingerprint density at radius 3 is 2.79 bits per heavy atom. The van der Waals surface area contributed by atoms with Crippen LogP contribution in [0.2, 0.25) is 0 Å². The van der Waals surface area contributed by atoms with Crippen molar-refractivity contribution in [2.24, 2.45) is 0 Å². The van der Waals surface area contributed by atoms with Crippen LogP contribution in [0.25, 0.3) is 0 Å². The van der Waals surface area contributed by atoms with Gasteiger partial charge in [0.25, 0.3) is 0 Å². The number of thiazole rings is 1. The zero-order chi connectivity index (χ0) is 10.8. The molecule has 0 fully saturated rings. The molecule has 0 aliphatic rings. The molecule has 0 aliphatic heterocycles. The summed E-state index contributed by atoms with van der Waals surface area (Å²) >= 11 is 5.61. The quantitative estimate of drug-likeness (QED) is 0.778. The molecule has 14 heavy (non-hydrogen) atoms. The van der Waals surface area contributed by atoms with E-state index in [0.717, 1.165) is 5.01 Å². The number of hydrogen-bond donors (Lipinski definition) is 2. The van der Waals surface area contributed by atoms with Crippen LogP contribution in [-0.4, -0.2) is 16.1 Å². The topological polar surface area (TPSA) is 42.0 Å². The van der Waals surface area contributed by atoms with Crippen molar-refractivity contribution in [2.45, 2.75) is 31.6 Å². The van der Waals surface area contributed by atoms with Gasteiger partial charge in [-0.3, -0.25) is 4.79 Å². The van der Waals surface area contributed by atoms with Crippen molar-refractivity contribution < 1.29 is 4.79 Å². The van der Waals surface area contributed by atoms with Crippen LogP contribution < -0.4 is 5.32 Å². The highest BCUT2D eigenvalue weighted by Gasteiger charge is 2.26. The fourth-order valence-electron chi connectivity index (χ4n) is 0.998. The third-order valence-corrected chi connectivity index (χ3v) is 3.11. The molecule has 1 aromatic heterocycles. The van der Waals surface area contributed by atoms with Crippen LogP contribution in [0.3, 0.4) is 0 Å². The highest BCUT2D eigenvalue weighted by Crippen LogP contribution is 2.22. The molecule has 1 aromatic rings. The van der Waals surface area contributed by atoms with E-state index in [4.69, 9.17) is 0 Å². The first-order valence-corrected chi connectivity index (χ1v) is 5.73. The predicted octanol–water partition coefficient (Wildman–Crippen LogP) is 1.81. The maximum Gasteiger partial charge on any atom is 0.233 e. The molecule has 1 N–H and O–H groups in total. The first-order chi connectivity index (χ1) is 6.43. The van der Waals surface area contributed by atoms with Gasteiger partial charge in [0, 0.05) is 11.6 Å². The zero-order valence-electron chi connectivity index (χ0n) is 8.44. The standard InChI is InChI=1S/C9H14N2OS2/c1-6(13)7(12)11-9(2,3)8-10-4-5-14-8/h4-6,13H,1-3H3,(H,11,12). The van der Waals surface area contributed by atoms with Crippen molar-refractivity contribution in [3.63, 3.8) is 0 Å². The summed E-state index contributed by atoms with van der Waals surface area (Å²) in [5, 5.41) is 5.39. The van der Waals surface area contributed by atoms with Crippen molar-refractivity contribution in [1.29, 1.82) is 0 Å². The van der Waals surface area contributed by atoms with Gasteiger partial charge in [0.2, 0.25) is 5.91 Å². The summed E-state index contributed by atoms with van der Waals surface area (Å²) in [6.45, 7) is 5.61. The smallest absolute Gasteiger partial charge is 0.233 e. The number of nitrogens with zero attached hydrogens (tertiary/aromatic N) is 1. The zero-order valence-corrected chi connectivity index (χ0v) is 10.2. The van der Waals surface area contributed by atoms with Crippen LogP contribution >= 0.6 is 24.0 Å². The summed E-state index contributed by atoms with van der Waals surface area (Å²) in [5.74, 6) is -0.0754. The van der Waals surface area contributed by atoms with Gasteiger partial charge in [-0.1, -0.05) is 0 Å². The van der Waals surface area contributed by atoms with Crippen LogP contribution in [0.1, 0.15) is 25.8 Å². The Hall–Kier alpha value is -0.550. The van der Waals surface area contributed by atoms with Gasteiger partial charge in [-0.05, 0) is 20.8 Å². The van der Waals surface area contributed by atoms with Crippen LogP contribution in [-0.2, 0) is 10.3 Å². The number of nitrogens with one attached hydrogen (secondary N) is 1. The Bertz CT molecular complexity index is 307. The lowest BCUT2D eigenvalue weighted by atomic mass is 10.1. The molecule has 0 spiro atoms. The van der Waals surface area contributed by atoms with Gasteiger partial charge in [-0.15, -0.1) is 11.3 Å². The van der Waals surface area contributed by atoms with E-state index in [1.165, 1.54) is 11.3 Å². The lowest BCUT2D eigenvalue weighted by molar-refractivity contribution is -0.121. The predicted molar refractivity (Wildman–Crippen MR) is 61.7 cm³/mol. The van der Waals surface area contributed by atoms with Crippen molar-refractivity contribution >= 4 is 29.9 Å². The summed E-state index contributed by atoms with van der Waals surface area (Å²) in [6, 6.07) is 0. The normalized spacial score (nSPS) is 13.7. The minimum absolute atomic E-state index is 0.0754. The molecule has 3 nitrogen and oxygen atoms in total. The minimum atomic E-state index is -0.414. The van der Waals surface area contributed by atoms with E-state index >= 15 is 0 Å². The van der Waals surface area contributed by atoms with E-state index < -0.39 is 5.54 Å². The van der Waals surface area contributed by atoms with E-state index in [1.54, 1.807) is 13.1 Å². The van der Waals surface area contributed by atoms with Crippen LogP contribution in [0.4, 0.5) is 0 Å². The van der Waals surface area contributed by atoms with Crippen molar-refractivity contribution in [1.82, 2.24) is 10.3 Å². The number of rotatable bonds is 3. The van der Waals surface area contributed by atoms with Gasteiger partial charge in [0.05, 0.1) is 10.8 Å². The highest BCUT2D eigenvalue weighted by molar-refractivity contribution is 7.81. The lowest BCUT2D eigenvalue weighted by Crippen LogP contribution is -2.43. The molecule has 0 aromatic carbocycles. The Kier molecular flexibility index (Phi) is 3.55.